The molecular weight excluding hydrogens is 246 g/mol. The van der Waals surface area contributed by atoms with Gasteiger partial charge in [-0.2, -0.15) is 0 Å². The standard InChI is InChI=1S/C14H19NO4/c1-10(9-19-3)13(16)15(2)8-11-4-6-12(7-5-11)14(17)18/h4-7,10H,8-9H2,1-3H3,(H,17,18). The van der Waals surface area contributed by atoms with Gasteiger partial charge < -0.3 is 14.7 Å². The minimum absolute atomic E-state index is 0.00385. The van der Waals surface area contributed by atoms with E-state index >= 15 is 0 Å². The first-order valence-corrected chi connectivity index (χ1v) is 6.02. The van der Waals surface area contributed by atoms with Crippen LogP contribution < -0.4 is 0 Å². The third-order valence-corrected chi connectivity index (χ3v) is 2.84. The molecule has 0 saturated heterocycles. The van der Waals surface area contributed by atoms with Gasteiger partial charge in [0.2, 0.25) is 5.91 Å². The van der Waals surface area contributed by atoms with Crippen molar-refractivity contribution in [2.45, 2.75) is 13.5 Å². The zero-order valence-corrected chi connectivity index (χ0v) is 11.4. The number of carboxylic acid groups (broad SMARTS) is 1. The highest BCUT2D eigenvalue weighted by molar-refractivity contribution is 5.87. The van der Waals surface area contributed by atoms with Gasteiger partial charge in [-0.3, -0.25) is 4.79 Å². The summed E-state index contributed by atoms with van der Waals surface area (Å²) in [7, 11) is 3.29. The van der Waals surface area contributed by atoms with Gasteiger partial charge in [-0.05, 0) is 17.7 Å². The fourth-order valence-electron chi connectivity index (χ4n) is 1.80. The van der Waals surface area contributed by atoms with E-state index in [-0.39, 0.29) is 17.4 Å². The monoisotopic (exact) mass is 265 g/mol. The topological polar surface area (TPSA) is 66.8 Å². The number of hydrogen-bond donors (Lipinski definition) is 1. The van der Waals surface area contributed by atoms with Crippen molar-refractivity contribution < 1.29 is 19.4 Å². The van der Waals surface area contributed by atoms with E-state index in [0.717, 1.165) is 5.56 Å². The van der Waals surface area contributed by atoms with E-state index in [1.807, 2.05) is 6.92 Å². The van der Waals surface area contributed by atoms with Crippen LogP contribution in [-0.4, -0.2) is 42.6 Å². The summed E-state index contributed by atoms with van der Waals surface area (Å²) < 4.78 is 4.95. The molecule has 1 N–H and O–H groups in total. The van der Waals surface area contributed by atoms with Crippen molar-refractivity contribution in [2.75, 3.05) is 20.8 Å². The van der Waals surface area contributed by atoms with Gasteiger partial charge in [-0.25, -0.2) is 4.79 Å². The van der Waals surface area contributed by atoms with E-state index in [0.29, 0.717) is 13.2 Å². The van der Waals surface area contributed by atoms with Crippen molar-refractivity contribution in [1.82, 2.24) is 4.90 Å². The maximum absolute atomic E-state index is 12.0. The molecule has 0 aliphatic rings. The second-order valence-electron chi connectivity index (χ2n) is 4.55. The van der Waals surface area contributed by atoms with Crippen LogP contribution in [-0.2, 0) is 16.1 Å². The number of methoxy groups -OCH3 is 1. The van der Waals surface area contributed by atoms with Crippen molar-refractivity contribution in [3.05, 3.63) is 35.4 Å². The molecular formula is C14H19NO4. The highest BCUT2D eigenvalue weighted by Crippen LogP contribution is 2.09. The maximum Gasteiger partial charge on any atom is 0.335 e. The summed E-state index contributed by atoms with van der Waals surface area (Å²) in [6, 6.07) is 6.51. The molecule has 1 atom stereocenters. The Morgan fingerprint density at radius 1 is 1.32 bits per heavy atom. The van der Waals surface area contributed by atoms with Crippen LogP contribution in [0.1, 0.15) is 22.8 Å². The molecule has 0 heterocycles. The first kappa shape index (κ1) is 15.2. The molecule has 1 aromatic rings. The van der Waals surface area contributed by atoms with Crippen LogP contribution in [0.4, 0.5) is 0 Å². The van der Waals surface area contributed by atoms with Crippen molar-refractivity contribution in [3.63, 3.8) is 0 Å². The molecule has 0 aliphatic carbocycles. The smallest absolute Gasteiger partial charge is 0.335 e. The number of carboxylic acids is 1. The molecule has 5 heteroatoms. The summed E-state index contributed by atoms with van der Waals surface area (Å²) in [6.07, 6.45) is 0. The Kier molecular flexibility index (Phi) is 5.51. The van der Waals surface area contributed by atoms with Crippen LogP contribution in [0.2, 0.25) is 0 Å². The largest absolute Gasteiger partial charge is 0.478 e. The lowest BCUT2D eigenvalue weighted by atomic mass is 10.1. The summed E-state index contributed by atoms with van der Waals surface area (Å²) in [5.41, 5.74) is 1.14. The zero-order valence-electron chi connectivity index (χ0n) is 11.4. The number of benzene rings is 1. The van der Waals surface area contributed by atoms with Crippen LogP contribution in [0.3, 0.4) is 0 Å². The molecule has 1 amide bonds. The SMILES string of the molecule is COCC(C)C(=O)N(C)Cc1ccc(C(=O)O)cc1. The second kappa shape index (κ2) is 6.89. The van der Waals surface area contributed by atoms with E-state index in [1.54, 1.807) is 31.2 Å². The number of ether oxygens (including phenoxy) is 1. The van der Waals surface area contributed by atoms with E-state index in [1.165, 1.54) is 12.1 Å². The summed E-state index contributed by atoms with van der Waals surface area (Å²) >= 11 is 0. The Labute approximate surface area is 112 Å². The molecule has 0 bridgehead atoms. The third-order valence-electron chi connectivity index (χ3n) is 2.84. The summed E-state index contributed by atoms with van der Waals surface area (Å²) in [6.45, 7) is 2.66. The fourth-order valence-corrected chi connectivity index (χ4v) is 1.80. The summed E-state index contributed by atoms with van der Waals surface area (Å²) in [5.74, 6) is -1.14. The minimum Gasteiger partial charge on any atom is -0.478 e. The van der Waals surface area contributed by atoms with Gasteiger partial charge in [0.1, 0.15) is 0 Å². The van der Waals surface area contributed by atoms with Gasteiger partial charge in [0.15, 0.2) is 0 Å². The Morgan fingerprint density at radius 2 is 1.89 bits per heavy atom. The second-order valence-corrected chi connectivity index (χ2v) is 4.55. The predicted octanol–water partition coefficient (Wildman–Crippen LogP) is 1.63. The van der Waals surface area contributed by atoms with Crippen LogP contribution in [0, 0.1) is 5.92 Å². The van der Waals surface area contributed by atoms with Crippen molar-refractivity contribution in [1.29, 1.82) is 0 Å². The molecule has 5 nitrogen and oxygen atoms in total. The van der Waals surface area contributed by atoms with Crippen molar-refractivity contribution in [3.8, 4) is 0 Å². The number of nitrogens with zero attached hydrogens (tertiary/aromatic N) is 1. The number of rotatable bonds is 6. The Hall–Kier alpha value is -1.88. The van der Waals surface area contributed by atoms with Crippen molar-refractivity contribution in [2.24, 2.45) is 5.92 Å². The van der Waals surface area contributed by atoms with Gasteiger partial charge in [0.05, 0.1) is 18.1 Å². The highest BCUT2D eigenvalue weighted by atomic mass is 16.5. The molecule has 1 aromatic carbocycles. The molecule has 0 fully saturated rings. The zero-order chi connectivity index (χ0) is 14.4. The van der Waals surface area contributed by atoms with E-state index in [9.17, 15) is 9.59 Å². The number of carbonyl (C=O) groups excluding carboxylic acids is 1. The van der Waals surface area contributed by atoms with Crippen LogP contribution in [0.25, 0.3) is 0 Å². The van der Waals surface area contributed by atoms with Gasteiger partial charge in [-0.15, -0.1) is 0 Å². The molecule has 104 valence electrons. The van der Waals surface area contributed by atoms with Gasteiger partial charge in [0, 0.05) is 20.7 Å². The van der Waals surface area contributed by atoms with Crippen molar-refractivity contribution >= 4 is 11.9 Å². The molecule has 0 aromatic heterocycles. The molecule has 0 saturated carbocycles. The average Bonchev–Trinajstić information content (AvgIpc) is 2.38. The first-order chi connectivity index (χ1) is 8.95. The summed E-state index contributed by atoms with van der Waals surface area (Å²) in [5, 5.41) is 8.80. The number of carbonyl (C=O) groups is 2. The van der Waals surface area contributed by atoms with Gasteiger partial charge in [-0.1, -0.05) is 19.1 Å². The fraction of sp³-hybridized carbons (Fsp3) is 0.429. The van der Waals surface area contributed by atoms with Gasteiger partial charge >= 0.3 is 5.97 Å². The third kappa shape index (κ3) is 4.37. The normalized spacial score (nSPS) is 11.9. The molecule has 0 spiro atoms. The Balaban J connectivity index is 2.63. The quantitative estimate of drug-likeness (QED) is 0.849. The summed E-state index contributed by atoms with van der Waals surface area (Å²) in [4.78, 5) is 24.3. The number of hydrogen-bond acceptors (Lipinski definition) is 3. The lowest BCUT2D eigenvalue weighted by Gasteiger charge is -2.21. The van der Waals surface area contributed by atoms with E-state index in [4.69, 9.17) is 9.84 Å². The van der Waals surface area contributed by atoms with E-state index < -0.39 is 5.97 Å². The number of amides is 1. The Morgan fingerprint density at radius 3 is 2.37 bits per heavy atom. The molecule has 1 rings (SSSR count). The lowest BCUT2D eigenvalue weighted by molar-refractivity contribution is -0.135. The first-order valence-electron chi connectivity index (χ1n) is 6.02. The predicted molar refractivity (Wildman–Crippen MR) is 70.9 cm³/mol. The molecule has 19 heavy (non-hydrogen) atoms. The molecule has 1 unspecified atom stereocenters. The number of aromatic carboxylic acids is 1. The van der Waals surface area contributed by atoms with E-state index in [2.05, 4.69) is 0 Å². The van der Waals surface area contributed by atoms with Crippen LogP contribution >= 0.6 is 0 Å². The lowest BCUT2D eigenvalue weighted by Crippen LogP contribution is -2.33. The van der Waals surface area contributed by atoms with Crippen LogP contribution in [0.15, 0.2) is 24.3 Å². The average molecular weight is 265 g/mol. The molecule has 0 radical (unpaired) electrons. The Bertz CT molecular complexity index is 441. The molecule has 0 aliphatic heterocycles. The van der Waals surface area contributed by atoms with Gasteiger partial charge in [0.25, 0.3) is 0 Å². The minimum atomic E-state index is -0.954. The maximum atomic E-state index is 12.0. The van der Waals surface area contributed by atoms with Crippen LogP contribution in [0.5, 0.6) is 0 Å². The highest BCUT2D eigenvalue weighted by Gasteiger charge is 2.17.